The van der Waals surface area contributed by atoms with Crippen molar-refractivity contribution in [1.29, 1.82) is 0 Å². The zero-order valence-electron chi connectivity index (χ0n) is 9.84. The van der Waals surface area contributed by atoms with Gasteiger partial charge in [0.15, 0.2) is 0 Å². The molecule has 0 heterocycles. The summed E-state index contributed by atoms with van der Waals surface area (Å²) >= 11 is 0. The number of rotatable bonds is 5. The molecule has 1 aromatic carbocycles. The predicted molar refractivity (Wildman–Crippen MR) is 63.0 cm³/mol. The molecule has 1 rings (SSSR count). The lowest BCUT2D eigenvalue weighted by Crippen LogP contribution is -2.16. The van der Waals surface area contributed by atoms with Crippen molar-refractivity contribution >= 4 is 11.7 Å². The van der Waals surface area contributed by atoms with Crippen molar-refractivity contribution in [1.82, 2.24) is 0 Å². The van der Waals surface area contributed by atoms with Crippen molar-refractivity contribution in [3.63, 3.8) is 0 Å². The van der Waals surface area contributed by atoms with Gasteiger partial charge in [-0.3, -0.25) is 14.9 Å². The zero-order chi connectivity index (χ0) is 13.0. The van der Waals surface area contributed by atoms with Gasteiger partial charge in [0.05, 0.1) is 10.8 Å². The summed E-state index contributed by atoms with van der Waals surface area (Å²) in [5, 5.41) is 19.7. The van der Waals surface area contributed by atoms with Gasteiger partial charge in [-0.25, -0.2) is 0 Å². The standard InChI is InChI=1S/C12H15NO4/c1-3-9(12(14)15)7-10-5-4-6-11(8(10)2)13(16)17/h4-6,9H,3,7H2,1-2H3,(H,14,15). The monoisotopic (exact) mass is 237 g/mol. The summed E-state index contributed by atoms with van der Waals surface area (Å²) in [4.78, 5) is 21.2. The summed E-state index contributed by atoms with van der Waals surface area (Å²) in [6.07, 6.45) is 0.844. The van der Waals surface area contributed by atoms with E-state index in [1.807, 2.05) is 0 Å². The van der Waals surface area contributed by atoms with Crippen LogP contribution >= 0.6 is 0 Å². The molecule has 0 bridgehead atoms. The topological polar surface area (TPSA) is 80.4 Å². The maximum atomic E-state index is 10.9. The Labute approximate surface area is 99.2 Å². The molecule has 0 aliphatic heterocycles. The first-order chi connectivity index (χ1) is 7.97. The average Bonchev–Trinajstić information content (AvgIpc) is 2.26. The van der Waals surface area contributed by atoms with E-state index in [1.165, 1.54) is 6.07 Å². The van der Waals surface area contributed by atoms with Crippen LogP contribution in [0.3, 0.4) is 0 Å². The molecule has 0 aliphatic carbocycles. The molecule has 0 aromatic heterocycles. The molecule has 1 aromatic rings. The van der Waals surface area contributed by atoms with E-state index in [4.69, 9.17) is 5.11 Å². The summed E-state index contributed by atoms with van der Waals surface area (Å²) in [6, 6.07) is 4.77. The quantitative estimate of drug-likeness (QED) is 0.630. The molecule has 92 valence electrons. The smallest absolute Gasteiger partial charge is 0.306 e. The van der Waals surface area contributed by atoms with E-state index in [0.717, 1.165) is 5.56 Å². The van der Waals surface area contributed by atoms with E-state index in [9.17, 15) is 14.9 Å². The van der Waals surface area contributed by atoms with Crippen molar-refractivity contribution in [3.8, 4) is 0 Å². The van der Waals surface area contributed by atoms with E-state index in [-0.39, 0.29) is 5.69 Å². The SMILES string of the molecule is CCC(Cc1cccc([N+](=O)[O-])c1C)C(=O)O. The van der Waals surface area contributed by atoms with Crippen LogP contribution in [0.4, 0.5) is 5.69 Å². The third-order valence-corrected chi connectivity index (χ3v) is 2.92. The minimum atomic E-state index is -0.863. The summed E-state index contributed by atoms with van der Waals surface area (Å²) in [5.41, 5.74) is 1.33. The van der Waals surface area contributed by atoms with Crippen molar-refractivity contribution in [2.45, 2.75) is 26.7 Å². The molecule has 0 spiro atoms. The molecule has 1 unspecified atom stereocenters. The Morgan fingerprint density at radius 3 is 2.65 bits per heavy atom. The number of carboxylic acids is 1. The van der Waals surface area contributed by atoms with Gasteiger partial charge in [-0.1, -0.05) is 19.1 Å². The Morgan fingerprint density at radius 1 is 1.53 bits per heavy atom. The normalized spacial score (nSPS) is 12.1. The van der Waals surface area contributed by atoms with Crippen molar-refractivity contribution in [2.24, 2.45) is 5.92 Å². The number of hydrogen-bond acceptors (Lipinski definition) is 3. The van der Waals surface area contributed by atoms with E-state index in [2.05, 4.69) is 0 Å². The summed E-state index contributed by atoms with van der Waals surface area (Å²) in [5.74, 6) is -1.35. The first-order valence-corrected chi connectivity index (χ1v) is 5.43. The van der Waals surface area contributed by atoms with Crippen LogP contribution in [-0.4, -0.2) is 16.0 Å². The van der Waals surface area contributed by atoms with Gasteiger partial charge in [-0.15, -0.1) is 0 Å². The summed E-state index contributed by atoms with van der Waals surface area (Å²) < 4.78 is 0. The molecular weight excluding hydrogens is 222 g/mol. The van der Waals surface area contributed by atoms with E-state index in [1.54, 1.807) is 26.0 Å². The van der Waals surface area contributed by atoms with Gasteiger partial charge in [0.1, 0.15) is 0 Å². The Morgan fingerprint density at radius 2 is 2.18 bits per heavy atom. The van der Waals surface area contributed by atoms with Crippen LogP contribution in [0.2, 0.25) is 0 Å². The molecule has 0 fully saturated rings. The van der Waals surface area contributed by atoms with Gasteiger partial charge in [0.25, 0.3) is 5.69 Å². The molecule has 1 N–H and O–H groups in total. The highest BCUT2D eigenvalue weighted by atomic mass is 16.6. The molecule has 17 heavy (non-hydrogen) atoms. The largest absolute Gasteiger partial charge is 0.481 e. The third kappa shape index (κ3) is 3.03. The van der Waals surface area contributed by atoms with Gasteiger partial charge < -0.3 is 5.11 Å². The third-order valence-electron chi connectivity index (χ3n) is 2.92. The molecule has 0 saturated heterocycles. The molecule has 1 atom stereocenters. The second kappa shape index (κ2) is 5.43. The van der Waals surface area contributed by atoms with Crippen LogP contribution in [0.25, 0.3) is 0 Å². The first kappa shape index (κ1) is 13.2. The number of hydrogen-bond donors (Lipinski definition) is 1. The summed E-state index contributed by atoms with van der Waals surface area (Å²) in [6.45, 7) is 3.45. The molecule has 0 amide bonds. The van der Waals surface area contributed by atoms with Gasteiger partial charge in [-0.05, 0) is 25.3 Å². The van der Waals surface area contributed by atoms with Gasteiger partial charge in [0.2, 0.25) is 0 Å². The maximum absolute atomic E-state index is 10.9. The fourth-order valence-corrected chi connectivity index (χ4v) is 1.76. The lowest BCUT2D eigenvalue weighted by molar-refractivity contribution is -0.385. The fraction of sp³-hybridized carbons (Fsp3) is 0.417. The van der Waals surface area contributed by atoms with Crippen LogP contribution in [0, 0.1) is 23.0 Å². The highest BCUT2D eigenvalue weighted by Crippen LogP contribution is 2.24. The van der Waals surface area contributed by atoms with Crippen LogP contribution in [0.1, 0.15) is 24.5 Å². The molecular formula is C12H15NO4. The Balaban J connectivity index is 3.03. The number of carbonyl (C=O) groups is 1. The first-order valence-electron chi connectivity index (χ1n) is 5.43. The predicted octanol–water partition coefficient (Wildman–Crippen LogP) is 2.56. The number of carboxylic acid groups (broad SMARTS) is 1. The maximum Gasteiger partial charge on any atom is 0.306 e. The second-order valence-corrected chi connectivity index (χ2v) is 3.97. The van der Waals surface area contributed by atoms with Gasteiger partial charge in [0, 0.05) is 11.6 Å². The minimum Gasteiger partial charge on any atom is -0.481 e. The molecule has 5 nitrogen and oxygen atoms in total. The zero-order valence-corrected chi connectivity index (χ0v) is 9.84. The van der Waals surface area contributed by atoms with Gasteiger partial charge >= 0.3 is 5.97 Å². The highest BCUT2D eigenvalue weighted by Gasteiger charge is 2.19. The fourth-order valence-electron chi connectivity index (χ4n) is 1.76. The average molecular weight is 237 g/mol. The summed E-state index contributed by atoms with van der Waals surface area (Å²) in [7, 11) is 0. The lowest BCUT2D eigenvalue weighted by atomic mass is 9.93. The second-order valence-electron chi connectivity index (χ2n) is 3.97. The molecule has 5 heteroatoms. The van der Waals surface area contributed by atoms with E-state index in [0.29, 0.717) is 18.4 Å². The highest BCUT2D eigenvalue weighted by molar-refractivity contribution is 5.70. The van der Waals surface area contributed by atoms with Crippen LogP contribution in [0.5, 0.6) is 0 Å². The van der Waals surface area contributed by atoms with Crippen molar-refractivity contribution < 1.29 is 14.8 Å². The van der Waals surface area contributed by atoms with Crippen LogP contribution in [-0.2, 0) is 11.2 Å². The minimum absolute atomic E-state index is 0.0442. The molecule has 0 radical (unpaired) electrons. The van der Waals surface area contributed by atoms with E-state index < -0.39 is 16.8 Å². The van der Waals surface area contributed by atoms with Crippen molar-refractivity contribution in [2.75, 3.05) is 0 Å². The number of nitro groups is 1. The Kier molecular flexibility index (Phi) is 4.20. The van der Waals surface area contributed by atoms with E-state index >= 15 is 0 Å². The van der Waals surface area contributed by atoms with Gasteiger partial charge in [-0.2, -0.15) is 0 Å². The molecule has 0 saturated carbocycles. The number of benzene rings is 1. The Bertz CT molecular complexity index is 442. The lowest BCUT2D eigenvalue weighted by Gasteiger charge is -2.11. The van der Waals surface area contributed by atoms with Crippen molar-refractivity contribution in [3.05, 3.63) is 39.4 Å². The van der Waals surface area contributed by atoms with Crippen LogP contribution in [0.15, 0.2) is 18.2 Å². The Hall–Kier alpha value is -1.91. The molecule has 0 aliphatic rings. The number of nitrogens with zero attached hydrogens (tertiary/aromatic N) is 1. The number of nitro benzene ring substituents is 1. The number of aliphatic carboxylic acids is 1. The van der Waals surface area contributed by atoms with Crippen LogP contribution < -0.4 is 0 Å².